The normalized spacial score (nSPS) is 10.7. The number of carbonyl (C=O) groups excluding carboxylic acids is 1. The van der Waals surface area contributed by atoms with Crippen molar-refractivity contribution in [3.63, 3.8) is 0 Å². The van der Waals surface area contributed by atoms with Gasteiger partial charge < -0.3 is 9.30 Å². The molecule has 1 aromatic heterocycles. The van der Waals surface area contributed by atoms with Crippen molar-refractivity contribution in [2.75, 3.05) is 12.9 Å². The van der Waals surface area contributed by atoms with Gasteiger partial charge in [-0.1, -0.05) is 66.4 Å². The van der Waals surface area contributed by atoms with Crippen LogP contribution in [0.3, 0.4) is 0 Å². The predicted molar refractivity (Wildman–Crippen MR) is 130 cm³/mol. The highest BCUT2D eigenvalue weighted by molar-refractivity contribution is 7.99. The van der Waals surface area contributed by atoms with Crippen LogP contribution in [0.5, 0.6) is 5.75 Å². The zero-order valence-corrected chi connectivity index (χ0v) is 19.3. The van der Waals surface area contributed by atoms with E-state index in [0.29, 0.717) is 28.8 Å². The summed E-state index contributed by atoms with van der Waals surface area (Å²) in [6, 6.07) is 23.4. The molecule has 4 rings (SSSR count). The van der Waals surface area contributed by atoms with Crippen LogP contribution in [0, 0.1) is 10.1 Å². The highest BCUT2D eigenvalue weighted by atomic mass is 32.2. The number of aryl methyl sites for hydroxylation is 1. The first-order valence-corrected chi connectivity index (χ1v) is 11.6. The van der Waals surface area contributed by atoms with Gasteiger partial charge in [-0.3, -0.25) is 14.9 Å². The maximum Gasteiger partial charge on any atom is 0.270 e. The number of hydrogen-bond donors (Lipinski definition) is 0. The van der Waals surface area contributed by atoms with Gasteiger partial charge in [-0.25, -0.2) is 0 Å². The fourth-order valence-corrected chi connectivity index (χ4v) is 4.38. The smallest absolute Gasteiger partial charge is 0.270 e. The van der Waals surface area contributed by atoms with E-state index in [2.05, 4.69) is 22.3 Å². The Balaban J connectivity index is 1.60. The summed E-state index contributed by atoms with van der Waals surface area (Å²) in [6.45, 7) is 0.609. The van der Waals surface area contributed by atoms with Crippen molar-refractivity contribution in [1.82, 2.24) is 14.8 Å². The summed E-state index contributed by atoms with van der Waals surface area (Å²) in [5.74, 6) is 1.19. The number of Topliss-reactive ketones (excluding diaryl/α,β-unsaturated/α-hetero) is 1. The number of non-ortho nitro benzene ring substituents is 1. The van der Waals surface area contributed by atoms with Crippen LogP contribution in [-0.2, 0) is 13.0 Å². The Hall–Kier alpha value is -3.98. The van der Waals surface area contributed by atoms with E-state index in [1.807, 2.05) is 47.0 Å². The maximum absolute atomic E-state index is 12.7. The molecular formula is C25H22N4O4S. The number of nitro benzene ring substituents is 1. The second-order valence-electron chi connectivity index (χ2n) is 7.41. The highest BCUT2D eigenvalue weighted by Gasteiger charge is 2.19. The fraction of sp³-hybridized carbons (Fsp3) is 0.160. The Morgan fingerprint density at radius 2 is 1.79 bits per heavy atom. The van der Waals surface area contributed by atoms with Crippen molar-refractivity contribution in [1.29, 1.82) is 0 Å². The van der Waals surface area contributed by atoms with E-state index in [1.54, 1.807) is 13.2 Å². The van der Waals surface area contributed by atoms with Crippen LogP contribution in [0.4, 0.5) is 5.69 Å². The van der Waals surface area contributed by atoms with Crippen LogP contribution in [0.1, 0.15) is 15.9 Å². The first-order chi connectivity index (χ1) is 16.6. The molecule has 0 aliphatic heterocycles. The minimum absolute atomic E-state index is 0.0799. The van der Waals surface area contributed by atoms with Crippen molar-refractivity contribution in [2.24, 2.45) is 0 Å². The topological polar surface area (TPSA) is 100 Å². The molecule has 0 aliphatic rings. The van der Waals surface area contributed by atoms with Gasteiger partial charge in [0.25, 0.3) is 5.69 Å². The van der Waals surface area contributed by atoms with E-state index in [9.17, 15) is 14.9 Å². The van der Waals surface area contributed by atoms with Gasteiger partial charge in [-0.2, -0.15) is 0 Å². The SMILES string of the molecule is COc1ccccc1-c1nnc(SCC(=O)c2cccc([N+](=O)[O-])c2)n1CCc1ccccc1. The molecule has 0 spiro atoms. The molecule has 172 valence electrons. The van der Waals surface area contributed by atoms with Crippen LogP contribution in [-0.4, -0.2) is 38.3 Å². The lowest BCUT2D eigenvalue weighted by atomic mass is 10.1. The number of para-hydroxylation sites is 1. The Kier molecular flexibility index (Phi) is 7.34. The largest absolute Gasteiger partial charge is 0.496 e. The highest BCUT2D eigenvalue weighted by Crippen LogP contribution is 2.31. The lowest BCUT2D eigenvalue weighted by Gasteiger charge is -2.12. The summed E-state index contributed by atoms with van der Waals surface area (Å²) in [6.07, 6.45) is 0.757. The van der Waals surface area contributed by atoms with E-state index in [4.69, 9.17) is 4.74 Å². The van der Waals surface area contributed by atoms with E-state index >= 15 is 0 Å². The molecule has 0 amide bonds. The molecule has 0 N–H and O–H groups in total. The number of carbonyl (C=O) groups is 1. The van der Waals surface area contributed by atoms with E-state index in [-0.39, 0.29) is 17.2 Å². The number of thioether (sulfide) groups is 1. The van der Waals surface area contributed by atoms with Gasteiger partial charge in [0.2, 0.25) is 0 Å². The minimum Gasteiger partial charge on any atom is -0.496 e. The molecule has 0 unspecified atom stereocenters. The zero-order chi connectivity index (χ0) is 23.9. The van der Waals surface area contributed by atoms with E-state index in [0.717, 1.165) is 12.0 Å². The summed E-state index contributed by atoms with van der Waals surface area (Å²) in [4.78, 5) is 23.3. The average molecular weight is 475 g/mol. The number of benzene rings is 3. The van der Waals surface area contributed by atoms with Crippen LogP contribution < -0.4 is 4.74 Å². The quantitative estimate of drug-likeness (QED) is 0.137. The third-order valence-electron chi connectivity index (χ3n) is 5.24. The van der Waals surface area contributed by atoms with Gasteiger partial charge in [0, 0.05) is 24.2 Å². The summed E-state index contributed by atoms with van der Waals surface area (Å²) in [7, 11) is 1.61. The Morgan fingerprint density at radius 3 is 2.56 bits per heavy atom. The lowest BCUT2D eigenvalue weighted by Crippen LogP contribution is -2.08. The molecule has 1 heterocycles. The average Bonchev–Trinajstić information content (AvgIpc) is 3.29. The molecule has 34 heavy (non-hydrogen) atoms. The molecule has 0 saturated heterocycles. The van der Waals surface area contributed by atoms with Gasteiger partial charge in [-0.05, 0) is 24.1 Å². The first kappa shape index (κ1) is 23.2. The van der Waals surface area contributed by atoms with Gasteiger partial charge in [0.1, 0.15) is 5.75 Å². The predicted octanol–water partition coefficient (Wildman–Crippen LogP) is 5.08. The number of ether oxygens (including phenoxy) is 1. The number of hydrogen-bond acceptors (Lipinski definition) is 7. The van der Waals surface area contributed by atoms with Gasteiger partial charge in [0.05, 0.1) is 23.3 Å². The number of methoxy groups -OCH3 is 1. The number of ketones is 1. The van der Waals surface area contributed by atoms with Crippen LogP contribution in [0.25, 0.3) is 11.4 Å². The lowest BCUT2D eigenvalue weighted by molar-refractivity contribution is -0.384. The summed E-state index contributed by atoms with van der Waals surface area (Å²) in [5.41, 5.74) is 2.16. The fourth-order valence-electron chi connectivity index (χ4n) is 3.52. The van der Waals surface area contributed by atoms with Crippen molar-refractivity contribution in [3.05, 3.63) is 100 Å². The van der Waals surface area contributed by atoms with Crippen LogP contribution in [0.15, 0.2) is 84.0 Å². The minimum atomic E-state index is -0.510. The second kappa shape index (κ2) is 10.8. The van der Waals surface area contributed by atoms with Crippen molar-refractivity contribution in [2.45, 2.75) is 18.1 Å². The molecule has 0 radical (unpaired) electrons. The number of nitrogens with zero attached hydrogens (tertiary/aromatic N) is 4. The molecule has 0 aliphatic carbocycles. The molecule has 0 fully saturated rings. The number of rotatable bonds is 10. The standard InChI is InChI=1S/C25H22N4O4S/c1-33-23-13-6-5-12-21(23)24-26-27-25(28(24)15-14-18-8-3-2-4-9-18)34-17-22(30)19-10-7-11-20(16-19)29(31)32/h2-13,16H,14-15,17H2,1H3. The van der Waals surface area contributed by atoms with Gasteiger partial charge in [0.15, 0.2) is 16.8 Å². The second-order valence-corrected chi connectivity index (χ2v) is 8.36. The molecule has 0 saturated carbocycles. The molecule has 0 bridgehead atoms. The van der Waals surface area contributed by atoms with Crippen molar-refractivity contribution < 1.29 is 14.5 Å². The Bertz CT molecular complexity index is 1310. The molecular weight excluding hydrogens is 452 g/mol. The van der Waals surface area contributed by atoms with Gasteiger partial charge in [-0.15, -0.1) is 10.2 Å². The van der Waals surface area contributed by atoms with Crippen LogP contribution in [0.2, 0.25) is 0 Å². The molecule has 4 aromatic rings. The van der Waals surface area contributed by atoms with E-state index in [1.165, 1.54) is 35.5 Å². The number of nitro groups is 1. The van der Waals surface area contributed by atoms with Crippen LogP contribution >= 0.6 is 11.8 Å². The van der Waals surface area contributed by atoms with Crippen molar-refractivity contribution in [3.8, 4) is 17.1 Å². The third-order valence-corrected chi connectivity index (χ3v) is 6.21. The zero-order valence-electron chi connectivity index (χ0n) is 18.5. The molecule has 0 atom stereocenters. The maximum atomic E-state index is 12.7. The van der Waals surface area contributed by atoms with E-state index < -0.39 is 4.92 Å². The monoisotopic (exact) mass is 474 g/mol. The van der Waals surface area contributed by atoms with Crippen molar-refractivity contribution >= 4 is 23.2 Å². The van der Waals surface area contributed by atoms with Gasteiger partial charge >= 0.3 is 0 Å². The first-order valence-electron chi connectivity index (χ1n) is 10.6. The molecule has 8 nitrogen and oxygen atoms in total. The summed E-state index contributed by atoms with van der Waals surface area (Å²) < 4.78 is 7.50. The Morgan fingerprint density at radius 1 is 1.03 bits per heavy atom. The summed E-state index contributed by atoms with van der Waals surface area (Å²) >= 11 is 1.26. The summed E-state index contributed by atoms with van der Waals surface area (Å²) in [5, 5.41) is 20.4. The number of aromatic nitrogens is 3. The Labute approximate surface area is 200 Å². The third kappa shape index (κ3) is 5.32. The molecule has 3 aromatic carbocycles. The molecule has 9 heteroatoms.